The van der Waals surface area contributed by atoms with Gasteiger partial charge in [-0.15, -0.1) is 0 Å². The summed E-state index contributed by atoms with van der Waals surface area (Å²) in [5.74, 6) is 0.541. The Morgan fingerprint density at radius 1 is 1.47 bits per heavy atom. The van der Waals surface area contributed by atoms with Crippen molar-refractivity contribution in [2.24, 2.45) is 0 Å². The molecular formula is C12H16NO2. The van der Waals surface area contributed by atoms with E-state index >= 15 is 0 Å². The zero-order valence-corrected chi connectivity index (χ0v) is 9.12. The fourth-order valence-corrected chi connectivity index (χ4v) is 1.28. The summed E-state index contributed by atoms with van der Waals surface area (Å²) in [5, 5.41) is 2.55. The smallest absolute Gasteiger partial charge is 0.411 e. The van der Waals surface area contributed by atoms with Gasteiger partial charge < -0.3 is 4.74 Å². The molecule has 1 aromatic carbocycles. The molecule has 0 saturated heterocycles. The monoisotopic (exact) mass is 206 g/mol. The molecule has 0 spiro atoms. The number of rotatable bonds is 3. The summed E-state index contributed by atoms with van der Waals surface area (Å²) >= 11 is 0. The average Bonchev–Trinajstić information content (AvgIpc) is 2.29. The summed E-state index contributed by atoms with van der Waals surface area (Å²) in [6.07, 6.45) is 0.555. The first-order valence-electron chi connectivity index (χ1n) is 5.00. The van der Waals surface area contributed by atoms with Gasteiger partial charge in [0.1, 0.15) is 7.11 Å². The van der Waals surface area contributed by atoms with Crippen LogP contribution in [-0.2, 0) is 4.74 Å². The van der Waals surface area contributed by atoms with Gasteiger partial charge in [0.2, 0.25) is 0 Å². The zero-order valence-electron chi connectivity index (χ0n) is 9.12. The number of anilines is 1. The fourth-order valence-electron chi connectivity index (χ4n) is 1.28. The number of amides is 1. The molecule has 3 nitrogen and oxygen atoms in total. The van der Waals surface area contributed by atoms with E-state index in [1.165, 1.54) is 5.56 Å². The van der Waals surface area contributed by atoms with Gasteiger partial charge in [0.25, 0.3) is 0 Å². The van der Waals surface area contributed by atoms with E-state index < -0.39 is 6.09 Å². The molecule has 0 aliphatic rings. The third kappa shape index (κ3) is 3.27. The molecule has 0 bridgehead atoms. The van der Waals surface area contributed by atoms with Crippen LogP contribution < -0.4 is 5.32 Å². The lowest BCUT2D eigenvalue weighted by atomic mass is 9.99. The lowest BCUT2D eigenvalue weighted by Crippen LogP contribution is -2.09. The van der Waals surface area contributed by atoms with Gasteiger partial charge in [-0.25, -0.2) is 4.79 Å². The van der Waals surface area contributed by atoms with Crippen LogP contribution in [0.4, 0.5) is 10.5 Å². The Labute approximate surface area is 90.4 Å². The molecule has 81 valence electrons. The average molecular weight is 206 g/mol. The molecular weight excluding hydrogens is 190 g/mol. The van der Waals surface area contributed by atoms with Crippen LogP contribution >= 0.6 is 0 Å². The Balaban J connectivity index is 2.68. The van der Waals surface area contributed by atoms with Crippen molar-refractivity contribution in [3.05, 3.63) is 36.9 Å². The van der Waals surface area contributed by atoms with Gasteiger partial charge in [-0.1, -0.05) is 26.0 Å². The number of nitrogens with one attached hydrogen (secondary N) is 1. The van der Waals surface area contributed by atoms with Crippen molar-refractivity contribution in [3.8, 4) is 0 Å². The van der Waals surface area contributed by atoms with E-state index in [-0.39, 0.29) is 0 Å². The van der Waals surface area contributed by atoms with Crippen molar-refractivity contribution in [1.29, 1.82) is 0 Å². The Hall–Kier alpha value is -1.51. The molecule has 1 aromatic rings. The van der Waals surface area contributed by atoms with Gasteiger partial charge in [-0.2, -0.15) is 0 Å². The van der Waals surface area contributed by atoms with Gasteiger partial charge in [0.05, 0.1) is 0 Å². The molecule has 0 aliphatic heterocycles. The Morgan fingerprint density at radius 3 is 2.53 bits per heavy atom. The third-order valence-electron chi connectivity index (χ3n) is 2.47. The van der Waals surface area contributed by atoms with E-state index in [1.807, 2.05) is 24.3 Å². The van der Waals surface area contributed by atoms with Crippen LogP contribution in [0.25, 0.3) is 0 Å². The van der Waals surface area contributed by atoms with Gasteiger partial charge in [0, 0.05) is 5.69 Å². The number of benzene rings is 1. The summed E-state index contributed by atoms with van der Waals surface area (Å²) in [4.78, 5) is 10.9. The quantitative estimate of drug-likeness (QED) is 0.821. The molecule has 1 radical (unpaired) electrons. The van der Waals surface area contributed by atoms with Crippen molar-refractivity contribution in [2.75, 3.05) is 5.32 Å². The van der Waals surface area contributed by atoms with Crippen LogP contribution in [0.1, 0.15) is 31.7 Å². The molecule has 1 rings (SSSR count). The van der Waals surface area contributed by atoms with Crippen LogP contribution in [0.15, 0.2) is 24.3 Å². The number of ether oxygens (including phenoxy) is 1. The lowest BCUT2D eigenvalue weighted by molar-refractivity contribution is 0.199. The first-order chi connectivity index (χ1) is 7.17. The van der Waals surface area contributed by atoms with Crippen molar-refractivity contribution >= 4 is 11.8 Å². The van der Waals surface area contributed by atoms with E-state index in [4.69, 9.17) is 0 Å². The Kier molecular flexibility index (Phi) is 4.16. The van der Waals surface area contributed by atoms with Crippen LogP contribution in [-0.4, -0.2) is 6.09 Å². The van der Waals surface area contributed by atoms with E-state index in [0.717, 1.165) is 12.1 Å². The van der Waals surface area contributed by atoms with Crippen molar-refractivity contribution in [3.63, 3.8) is 0 Å². The van der Waals surface area contributed by atoms with E-state index in [2.05, 4.69) is 31.0 Å². The van der Waals surface area contributed by atoms with E-state index in [1.54, 1.807) is 0 Å². The Bertz CT molecular complexity index is 319. The van der Waals surface area contributed by atoms with E-state index in [9.17, 15) is 4.79 Å². The topological polar surface area (TPSA) is 38.3 Å². The highest BCUT2D eigenvalue weighted by Crippen LogP contribution is 2.20. The molecule has 0 heterocycles. The SMILES string of the molecule is [CH2]OC(=O)Nc1ccc(C(C)CC)cc1. The van der Waals surface area contributed by atoms with Crippen molar-refractivity contribution in [1.82, 2.24) is 0 Å². The van der Waals surface area contributed by atoms with Crippen LogP contribution in [0.5, 0.6) is 0 Å². The second kappa shape index (κ2) is 5.39. The predicted octanol–water partition coefficient (Wildman–Crippen LogP) is 3.54. The number of carbonyl (C=O) groups excluding carboxylic acids is 1. The molecule has 0 fully saturated rings. The fraction of sp³-hybridized carbons (Fsp3) is 0.333. The largest absolute Gasteiger partial charge is 0.446 e. The highest BCUT2D eigenvalue weighted by Gasteiger charge is 2.03. The van der Waals surface area contributed by atoms with Gasteiger partial charge in [-0.3, -0.25) is 5.32 Å². The maximum Gasteiger partial charge on any atom is 0.411 e. The molecule has 3 heteroatoms. The maximum atomic E-state index is 10.9. The molecule has 0 aromatic heterocycles. The second-order valence-corrected chi connectivity index (χ2v) is 3.49. The molecule has 1 unspecified atom stereocenters. The highest BCUT2D eigenvalue weighted by atomic mass is 16.5. The standard InChI is InChI=1S/C12H16NO2/c1-4-9(2)10-5-7-11(8-6-10)13-12(14)15-3/h5-9H,3-4H2,1-2H3,(H,13,14). The first kappa shape index (κ1) is 11.6. The Morgan fingerprint density at radius 2 is 2.07 bits per heavy atom. The molecule has 15 heavy (non-hydrogen) atoms. The second-order valence-electron chi connectivity index (χ2n) is 3.49. The summed E-state index contributed by atoms with van der Waals surface area (Å²) in [5.41, 5.74) is 1.99. The molecule has 0 aliphatic carbocycles. The molecule has 1 amide bonds. The van der Waals surface area contributed by atoms with Gasteiger partial charge >= 0.3 is 6.09 Å². The van der Waals surface area contributed by atoms with Crippen molar-refractivity contribution < 1.29 is 9.53 Å². The number of carbonyl (C=O) groups is 1. The third-order valence-corrected chi connectivity index (χ3v) is 2.47. The minimum absolute atomic E-state index is 0.541. The van der Waals surface area contributed by atoms with Crippen LogP contribution in [0.2, 0.25) is 0 Å². The summed E-state index contributed by atoms with van der Waals surface area (Å²) in [6.45, 7) is 4.32. The summed E-state index contributed by atoms with van der Waals surface area (Å²) in [6, 6.07) is 7.73. The van der Waals surface area contributed by atoms with E-state index in [0.29, 0.717) is 5.92 Å². The van der Waals surface area contributed by atoms with Crippen LogP contribution in [0.3, 0.4) is 0 Å². The first-order valence-corrected chi connectivity index (χ1v) is 5.00. The number of hydrogen-bond donors (Lipinski definition) is 1. The molecule has 0 saturated carbocycles. The zero-order chi connectivity index (χ0) is 11.3. The molecule has 1 atom stereocenters. The summed E-state index contributed by atoms with van der Waals surface area (Å²) in [7, 11) is 3.03. The minimum atomic E-state index is -0.550. The minimum Gasteiger partial charge on any atom is -0.446 e. The molecule has 1 N–H and O–H groups in total. The van der Waals surface area contributed by atoms with Gasteiger partial charge in [-0.05, 0) is 30.0 Å². The maximum absolute atomic E-state index is 10.9. The van der Waals surface area contributed by atoms with Crippen LogP contribution in [0, 0.1) is 7.11 Å². The normalized spacial score (nSPS) is 11.9. The number of hydrogen-bond acceptors (Lipinski definition) is 2. The lowest BCUT2D eigenvalue weighted by Gasteiger charge is -2.09. The summed E-state index contributed by atoms with van der Waals surface area (Å²) < 4.78 is 4.25. The highest BCUT2D eigenvalue weighted by molar-refractivity contribution is 5.84. The van der Waals surface area contributed by atoms with Gasteiger partial charge in [0.15, 0.2) is 0 Å². The van der Waals surface area contributed by atoms with Crippen molar-refractivity contribution in [2.45, 2.75) is 26.2 Å². The predicted molar refractivity (Wildman–Crippen MR) is 60.6 cm³/mol.